The average molecular weight is 302 g/mol. The number of likely N-dealkylation sites (tertiary alicyclic amines) is 1. The molecule has 0 spiro atoms. The zero-order valence-corrected chi connectivity index (χ0v) is 11.7. The van der Waals surface area contributed by atoms with Crippen molar-refractivity contribution in [3.63, 3.8) is 0 Å². The number of benzene rings is 1. The van der Waals surface area contributed by atoms with Gasteiger partial charge in [0, 0.05) is 18.7 Å². The van der Waals surface area contributed by atoms with Crippen LogP contribution < -0.4 is 9.88 Å². The van der Waals surface area contributed by atoms with E-state index in [1.54, 1.807) is 4.90 Å². The molecule has 8 heteroatoms. The predicted octanol–water partition coefficient (Wildman–Crippen LogP) is 0.718. The molecule has 1 aromatic carbocycles. The molecule has 0 radical (unpaired) electrons. The second-order valence-corrected chi connectivity index (χ2v) is 6.06. The summed E-state index contributed by atoms with van der Waals surface area (Å²) in [5.41, 5.74) is -0.0470. The number of carbonyl (C=O) groups is 1. The fourth-order valence-electron chi connectivity index (χ4n) is 2.20. The van der Waals surface area contributed by atoms with Gasteiger partial charge in [0.15, 0.2) is 11.6 Å². The van der Waals surface area contributed by atoms with Crippen LogP contribution in [0.2, 0.25) is 0 Å². The maximum atomic E-state index is 13.9. The summed E-state index contributed by atoms with van der Waals surface area (Å²) >= 11 is 0. The van der Waals surface area contributed by atoms with Gasteiger partial charge in [-0.3, -0.25) is 4.79 Å². The molecule has 1 aliphatic rings. The van der Waals surface area contributed by atoms with E-state index in [9.17, 15) is 17.6 Å². The van der Waals surface area contributed by atoms with Gasteiger partial charge in [0.05, 0.1) is 7.11 Å². The normalized spacial score (nSPS) is 15.4. The first-order chi connectivity index (χ1) is 9.34. The van der Waals surface area contributed by atoms with Crippen LogP contribution in [0, 0.1) is 5.82 Å². The third-order valence-corrected chi connectivity index (χ3v) is 4.08. The molecule has 2 rings (SSSR count). The summed E-state index contributed by atoms with van der Waals surface area (Å²) < 4.78 is 41.5. The van der Waals surface area contributed by atoms with Crippen molar-refractivity contribution in [2.75, 3.05) is 20.2 Å². The lowest BCUT2D eigenvalue weighted by Gasteiger charge is -2.16. The van der Waals surface area contributed by atoms with Crippen LogP contribution in [0.3, 0.4) is 0 Å². The van der Waals surface area contributed by atoms with E-state index in [0.29, 0.717) is 13.1 Å². The van der Waals surface area contributed by atoms with Gasteiger partial charge < -0.3 is 9.64 Å². The lowest BCUT2D eigenvalue weighted by Crippen LogP contribution is -2.28. The molecule has 110 valence electrons. The molecule has 0 bridgehead atoms. The minimum Gasteiger partial charge on any atom is -0.492 e. The Morgan fingerprint density at radius 1 is 1.35 bits per heavy atom. The number of nitrogens with two attached hydrogens (primary N) is 1. The Bertz CT molecular complexity index is 639. The molecular weight excluding hydrogens is 287 g/mol. The summed E-state index contributed by atoms with van der Waals surface area (Å²) in [5, 5.41) is 5.03. The van der Waals surface area contributed by atoms with Crippen LogP contribution in [0.4, 0.5) is 4.39 Å². The highest BCUT2D eigenvalue weighted by atomic mass is 32.2. The highest BCUT2D eigenvalue weighted by molar-refractivity contribution is 7.89. The topological polar surface area (TPSA) is 89.7 Å². The van der Waals surface area contributed by atoms with E-state index < -0.39 is 32.4 Å². The quantitative estimate of drug-likeness (QED) is 0.890. The zero-order valence-electron chi connectivity index (χ0n) is 10.9. The van der Waals surface area contributed by atoms with Crippen LogP contribution in [-0.4, -0.2) is 39.4 Å². The summed E-state index contributed by atoms with van der Waals surface area (Å²) in [7, 11) is -3.05. The number of carbonyl (C=O) groups excluding carboxylic acids is 1. The molecule has 1 amide bonds. The first-order valence-electron chi connectivity index (χ1n) is 6.04. The van der Waals surface area contributed by atoms with Crippen molar-refractivity contribution >= 4 is 15.9 Å². The highest BCUT2D eigenvalue weighted by Gasteiger charge is 2.25. The van der Waals surface area contributed by atoms with E-state index in [4.69, 9.17) is 9.88 Å². The molecule has 0 aromatic heterocycles. The lowest BCUT2D eigenvalue weighted by atomic mass is 10.2. The van der Waals surface area contributed by atoms with E-state index in [1.165, 1.54) is 0 Å². The van der Waals surface area contributed by atoms with Gasteiger partial charge in [0.1, 0.15) is 4.90 Å². The van der Waals surface area contributed by atoms with Gasteiger partial charge in [-0.2, -0.15) is 0 Å². The number of nitrogens with zero attached hydrogens (tertiary/aromatic N) is 1. The summed E-state index contributed by atoms with van der Waals surface area (Å²) in [6.07, 6.45) is 1.76. The van der Waals surface area contributed by atoms with Crippen molar-refractivity contribution in [3.8, 4) is 5.75 Å². The fraction of sp³-hybridized carbons (Fsp3) is 0.417. The molecule has 2 N–H and O–H groups in total. The van der Waals surface area contributed by atoms with Gasteiger partial charge in [-0.1, -0.05) is 0 Å². The monoisotopic (exact) mass is 302 g/mol. The number of hydrogen-bond acceptors (Lipinski definition) is 4. The maximum absolute atomic E-state index is 13.9. The first kappa shape index (κ1) is 14.7. The minimum absolute atomic E-state index is 0.0470. The van der Waals surface area contributed by atoms with Crippen molar-refractivity contribution < 1.29 is 22.3 Å². The predicted molar refractivity (Wildman–Crippen MR) is 69.5 cm³/mol. The van der Waals surface area contributed by atoms with Gasteiger partial charge in [-0.25, -0.2) is 17.9 Å². The smallest absolute Gasteiger partial charge is 0.254 e. The third-order valence-electron chi connectivity index (χ3n) is 3.16. The van der Waals surface area contributed by atoms with E-state index in [1.807, 2.05) is 0 Å². The zero-order chi connectivity index (χ0) is 14.9. The molecule has 0 aliphatic carbocycles. The van der Waals surface area contributed by atoms with Gasteiger partial charge in [0.2, 0.25) is 10.0 Å². The van der Waals surface area contributed by atoms with Crippen molar-refractivity contribution in [1.29, 1.82) is 0 Å². The molecule has 1 heterocycles. The molecule has 0 saturated carbocycles. The highest BCUT2D eigenvalue weighted by Crippen LogP contribution is 2.28. The van der Waals surface area contributed by atoms with E-state index in [2.05, 4.69) is 0 Å². The van der Waals surface area contributed by atoms with Gasteiger partial charge in [-0.05, 0) is 25.0 Å². The standard InChI is InChI=1S/C12H15FN2O4S/c1-19-11-9(13)6-8(7-10(11)20(14,17)18)12(16)15-4-2-3-5-15/h6-7H,2-5H2,1H3,(H2,14,17,18). The molecule has 0 atom stereocenters. The van der Waals surface area contributed by atoms with Crippen LogP contribution in [0.5, 0.6) is 5.75 Å². The van der Waals surface area contributed by atoms with Gasteiger partial charge in [-0.15, -0.1) is 0 Å². The molecular formula is C12H15FN2O4S. The van der Waals surface area contributed by atoms with Crippen molar-refractivity contribution in [3.05, 3.63) is 23.5 Å². The van der Waals surface area contributed by atoms with Gasteiger partial charge >= 0.3 is 0 Å². The lowest BCUT2D eigenvalue weighted by molar-refractivity contribution is 0.0792. The summed E-state index contributed by atoms with van der Waals surface area (Å²) in [4.78, 5) is 13.2. The Morgan fingerprint density at radius 2 is 1.95 bits per heavy atom. The van der Waals surface area contributed by atoms with Crippen LogP contribution in [0.15, 0.2) is 17.0 Å². The number of ether oxygens (including phenoxy) is 1. The second kappa shape index (κ2) is 5.37. The Labute approximate surface area is 116 Å². The number of methoxy groups -OCH3 is 1. The molecule has 1 aromatic rings. The SMILES string of the molecule is COc1c(F)cc(C(=O)N2CCCC2)cc1S(N)(=O)=O. The minimum atomic E-state index is -4.18. The van der Waals surface area contributed by atoms with Crippen LogP contribution in [-0.2, 0) is 10.0 Å². The van der Waals surface area contributed by atoms with Crippen molar-refractivity contribution in [2.24, 2.45) is 5.14 Å². The molecule has 1 saturated heterocycles. The third kappa shape index (κ3) is 2.75. The Hall–Kier alpha value is -1.67. The van der Waals surface area contributed by atoms with Crippen LogP contribution in [0.1, 0.15) is 23.2 Å². The average Bonchev–Trinajstić information content (AvgIpc) is 2.89. The number of primary sulfonamides is 1. The van der Waals surface area contributed by atoms with Gasteiger partial charge in [0.25, 0.3) is 5.91 Å². The van der Waals surface area contributed by atoms with E-state index in [0.717, 1.165) is 32.1 Å². The van der Waals surface area contributed by atoms with E-state index in [-0.39, 0.29) is 5.56 Å². The number of halogens is 1. The number of rotatable bonds is 3. The summed E-state index contributed by atoms with van der Waals surface area (Å²) in [6, 6.07) is 2.02. The largest absolute Gasteiger partial charge is 0.492 e. The number of hydrogen-bond donors (Lipinski definition) is 1. The Balaban J connectivity index is 2.51. The van der Waals surface area contributed by atoms with Crippen molar-refractivity contribution in [1.82, 2.24) is 4.90 Å². The molecule has 0 unspecified atom stereocenters. The molecule has 1 fully saturated rings. The summed E-state index contributed by atoms with van der Waals surface area (Å²) in [6.45, 7) is 1.16. The van der Waals surface area contributed by atoms with Crippen LogP contribution >= 0.6 is 0 Å². The maximum Gasteiger partial charge on any atom is 0.254 e. The van der Waals surface area contributed by atoms with Crippen LogP contribution in [0.25, 0.3) is 0 Å². The Morgan fingerprint density at radius 3 is 2.45 bits per heavy atom. The summed E-state index contributed by atoms with van der Waals surface area (Å²) in [5.74, 6) is -1.82. The molecule has 1 aliphatic heterocycles. The molecule has 6 nitrogen and oxygen atoms in total. The van der Waals surface area contributed by atoms with Crippen molar-refractivity contribution in [2.45, 2.75) is 17.7 Å². The number of sulfonamides is 1. The first-order valence-corrected chi connectivity index (χ1v) is 7.59. The number of amides is 1. The Kier molecular flexibility index (Phi) is 3.96. The second-order valence-electron chi connectivity index (χ2n) is 4.53. The molecule has 20 heavy (non-hydrogen) atoms. The fourth-order valence-corrected chi connectivity index (χ4v) is 2.93. The van der Waals surface area contributed by atoms with E-state index >= 15 is 0 Å².